The van der Waals surface area contributed by atoms with Crippen LogP contribution in [0.3, 0.4) is 0 Å². The van der Waals surface area contributed by atoms with Gasteiger partial charge in [0.15, 0.2) is 0 Å². The predicted molar refractivity (Wildman–Crippen MR) is 127 cm³/mol. The van der Waals surface area contributed by atoms with Crippen LogP contribution in [0, 0.1) is 0 Å². The summed E-state index contributed by atoms with van der Waals surface area (Å²) in [6.07, 6.45) is 0.728. The van der Waals surface area contributed by atoms with Crippen LogP contribution < -0.4 is 5.73 Å². The topological polar surface area (TPSA) is 162 Å². The lowest BCUT2D eigenvalue weighted by atomic mass is 10.1. The van der Waals surface area contributed by atoms with E-state index in [9.17, 15) is 14.6 Å². The van der Waals surface area contributed by atoms with Crippen molar-refractivity contribution in [2.75, 3.05) is 79.3 Å². The molecule has 0 rings (SSSR count). The Bertz CT molecular complexity index is 474. The van der Waals surface area contributed by atoms with Crippen LogP contribution in [0.15, 0.2) is 0 Å². The molecule has 0 aliphatic carbocycles. The quantitative estimate of drug-likeness (QED) is 0.0781. The summed E-state index contributed by atoms with van der Waals surface area (Å²) in [5.41, 5.74) is 5.25. The van der Waals surface area contributed by atoms with Gasteiger partial charge in [-0.3, -0.25) is 0 Å². The Morgan fingerprint density at radius 1 is 0.657 bits per heavy atom. The number of halogens is 1. The van der Waals surface area contributed by atoms with Gasteiger partial charge in [0, 0.05) is 26.2 Å². The standard InChI is InChI=1S/C23H48FNO10/c1-22(24,34-13-5-11-31-17-21(29)19-33-15-9-27)6-3-12-35-23(2,25)7-4-10-30-16-20(28)18-32-14-8-26/h20-21,26-29H,3-19,25H2,1-2H3. The summed E-state index contributed by atoms with van der Waals surface area (Å²) in [4.78, 5) is 0. The number of nitrogens with two attached hydrogens (primary N) is 1. The molecule has 0 amide bonds. The zero-order valence-corrected chi connectivity index (χ0v) is 21.4. The van der Waals surface area contributed by atoms with Crippen molar-refractivity contribution in [3.8, 4) is 0 Å². The Morgan fingerprint density at radius 2 is 1.09 bits per heavy atom. The van der Waals surface area contributed by atoms with E-state index in [1.807, 2.05) is 0 Å². The molecule has 0 saturated carbocycles. The number of aliphatic hydroxyl groups is 4. The van der Waals surface area contributed by atoms with Crippen molar-refractivity contribution in [1.29, 1.82) is 0 Å². The first-order chi connectivity index (χ1) is 16.6. The van der Waals surface area contributed by atoms with Crippen LogP contribution in [-0.4, -0.2) is 123 Å². The summed E-state index contributed by atoms with van der Waals surface area (Å²) in [6.45, 7) is 4.91. The van der Waals surface area contributed by atoms with Crippen molar-refractivity contribution in [2.45, 2.75) is 69.7 Å². The van der Waals surface area contributed by atoms with Crippen LogP contribution in [0.1, 0.15) is 46.0 Å². The van der Waals surface area contributed by atoms with Crippen LogP contribution in [0.2, 0.25) is 0 Å². The van der Waals surface area contributed by atoms with Gasteiger partial charge in [-0.25, -0.2) is 4.39 Å². The molecule has 0 aliphatic heterocycles. The average Bonchev–Trinajstić information content (AvgIpc) is 2.79. The fraction of sp³-hybridized carbons (Fsp3) is 1.00. The molecular formula is C23H48FNO10. The van der Waals surface area contributed by atoms with E-state index in [1.165, 1.54) is 6.92 Å². The monoisotopic (exact) mass is 517 g/mol. The predicted octanol–water partition coefficient (Wildman–Crippen LogP) is 0.104. The van der Waals surface area contributed by atoms with E-state index < -0.39 is 23.8 Å². The number of aliphatic hydroxyl groups excluding tert-OH is 4. The summed E-state index contributed by atoms with van der Waals surface area (Å²) in [5, 5.41) is 36.4. The molecular weight excluding hydrogens is 469 g/mol. The first-order valence-corrected chi connectivity index (χ1v) is 12.3. The maximum absolute atomic E-state index is 14.5. The number of hydrogen-bond donors (Lipinski definition) is 5. The molecule has 12 heteroatoms. The van der Waals surface area contributed by atoms with Crippen LogP contribution in [0.25, 0.3) is 0 Å². The Kier molecular flexibility index (Phi) is 21.2. The van der Waals surface area contributed by atoms with Crippen molar-refractivity contribution in [3.63, 3.8) is 0 Å². The van der Waals surface area contributed by atoms with Crippen molar-refractivity contribution >= 4 is 0 Å². The van der Waals surface area contributed by atoms with Gasteiger partial charge in [0.1, 0.15) is 17.9 Å². The lowest BCUT2D eigenvalue weighted by molar-refractivity contribution is -0.144. The molecule has 4 atom stereocenters. The molecule has 4 unspecified atom stereocenters. The maximum atomic E-state index is 14.5. The van der Waals surface area contributed by atoms with Crippen molar-refractivity contribution in [3.05, 3.63) is 0 Å². The van der Waals surface area contributed by atoms with Crippen LogP contribution in [-0.2, 0) is 28.4 Å². The minimum absolute atomic E-state index is 0.0873. The van der Waals surface area contributed by atoms with E-state index in [2.05, 4.69) is 0 Å². The van der Waals surface area contributed by atoms with Crippen LogP contribution in [0.4, 0.5) is 4.39 Å². The molecule has 212 valence electrons. The highest BCUT2D eigenvalue weighted by Crippen LogP contribution is 2.21. The Hall–Kier alpha value is -0.510. The lowest BCUT2D eigenvalue weighted by Crippen LogP contribution is -2.40. The van der Waals surface area contributed by atoms with E-state index in [4.69, 9.17) is 44.4 Å². The van der Waals surface area contributed by atoms with Gasteiger partial charge < -0.3 is 54.6 Å². The number of hydrogen-bond acceptors (Lipinski definition) is 11. The third kappa shape index (κ3) is 23.6. The number of ether oxygens (including phenoxy) is 6. The number of rotatable bonds is 26. The van der Waals surface area contributed by atoms with Crippen molar-refractivity contribution in [1.82, 2.24) is 0 Å². The minimum atomic E-state index is -1.79. The van der Waals surface area contributed by atoms with Gasteiger partial charge in [0.2, 0.25) is 5.85 Å². The Labute approximate surface area is 208 Å². The van der Waals surface area contributed by atoms with Gasteiger partial charge in [-0.1, -0.05) is 0 Å². The van der Waals surface area contributed by atoms with Crippen LogP contribution in [0.5, 0.6) is 0 Å². The second-order valence-corrected chi connectivity index (χ2v) is 8.73. The van der Waals surface area contributed by atoms with Gasteiger partial charge in [0.05, 0.1) is 59.5 Å². The smallest absolute Gasteiger partial charge is 0.206 e. The molecule has 0 aromatic heterocycles. The summed E-state index contributed by atoms with van der Waals surface area (Å²) in [7, 11) is 0. The summed E-state index contributed by atoms with van der Waals surface area (Å²) in [5.74, 6) is -1.79. The van der Waals surface area contributed by atoms with Crippen LogP contribution >= 0.6 is 0 Å². The van der Waals surface area contributed by atoms with Gasteiger partial charge in [-0.15, -0.1) is 0 Å². The van der Waals surface area contributed by atoms with E-state index in [-0.39, 0.29) is 72.5 Å². The first kappa shape index (κ1) is 34.5. The molecule has 0 heterocycles. The zero-order chi connectivity index (χ0) is 26.4. The van der Waals surface area contributed by atoms with E-state index in [0.29, 0.717) is 38.9 Å². The molecule has 0 saturated heterocycles. The third-order valence-electron chi connectivity index (χ3n) is 4.71. The summed E-state index contributed by atoms with van der Waals surface area (Å²) < 4.78 is 46.1. The van der Waals surface area contributed by atoms with E-state index in [1.54, 1.807) is 6.92 Å². The fourth-order valence-corrected chi connectivity index (χ4v) is 2.91. The number of alkyl halides is 1. The van der Waals surface area contributed by atoms with Gasteiger partial charge in [0.25, 0.3) is 0 Å². The lowest BCUT2D eigenvalue weighted by Gasteiger charge is -2.26. The van der Waals surface area contributed by atoms with Gasteiger partial charge >= 0.3 is 0 Å². The largest absolute Gasteiger partial charge is 0.394 e. The molecule has 0 aromatic carbocycles. The van der Waals surface area contributed by atoms with E-state index in [0.717, 1.165) is 0 Å². The Morgan fingerprint density at radius 3 is 1.60 bits per heavy atom. The average molecular weight is 518 g/mol. The molecule has 11 nitrogen and oxygen atoms in total. The second kappa shape index (κ2) is 21.6. The minimum Gasteiger partial charge on any atom is -0.394 e. The molecule has 0 radical (unpaired) electrons. The summed E-state index contributed by atoms with van der Waals surface area (Å²) in [6, 6.07) is 0. The van der Waals surface area contributed by atoms with Gasteiger partial charge in [-0.05, 0) is 39.5 Å². The second-order valence-electron chi connectivity index (χ2n) is 8.73. The highest BCUT2D eigenvalue weighted by molar-refractivity contribution is 4.68. The molecule has 0 spiro atoms. The summed E-state index contributed by atoms with van der Waals surface area (Å²) >= 11 is 0. The SMILES string of the molecule is CC(N)(CCCOCC(O)COCCO)OCCCC(C)(F)OCCCOCC(O)COCCO. The molecule has 0 bridgehead atoms. The highest BCUT2D eigenvalue weighted by Gasteiger charge is 2.24. The molecule has 0 aliphatic rings. The van der Waals surface area contributed by atoms with Gasteiger partial charge in [-0.2, -0.15) is 0 Å². The Balaban J connectivity index is 3.72. The van der Waals surface area contributed by atoms with Crippen molar-refractivity contribution in [2.24, 2.45) is 5.73 Å². The molecule has 35 heavy (non-hydrogen) atoms. The maximum Gasteiger partial charge on any atom is 0.206 e. The normalized spacial score (nSPS) is 17.1. The molecule has 6 N–H and O–H groups in total. The first-order valence-electron chi connectivity index (χ1n) is 12.3. The van der Waals surface area contributed by atoms with Crippen molar-refractivity contribution < 1.29 is 53.2 Å². The van der Waals surface area contributed by atoms with E-state index >= 15 is 0 Å². The fourth-order valence-electron chi connectivity index (χ4n) is 2.91. The zero-order valence-electron chi connectivity index (χ0n) is 21.4. The highest BCUT2D eigenvalue weighted by atomic mass is 19.2. The third-order valence-corrected chi connectivity index (χ3v) is 4.71. The molecule has 0 aromatic rings. The molecule has 0 fully saturated rings.